The van der Waals surface area contributed by atoms with E-state index < -0.39 is 20.0 Å². The fourth-order valence-corrected chi connectivity index (χ4v) is 6.53. The Kier molecular flexibility index (Phi) is 8.34. The van der Waals surface area contributed by atoms with Crippen molar-refractivity contribution in [2.45, 2.75) is 14.7 Å². The van der Waals surface area contributed by atoms with Crippen LogP contribution in [-0.4, -0.2) is 60.2 Å². The van der Waals surface area contributed by atoms with Gasteiger partial charge in [-0.1, -0.05) is 17.7 Å². The van der Waals surface area contributed by atoms with E-state index in [1.807, 2.05) is 6.26 Å². The predicted octanol–water partition coefficient (Wildman–Crippen LogP) is 4.14. The second-order valence-electron chi connectivity index (χ2n) is 8.01. The van der Waals surface area contributed by atoms with E-state index in [1.165, 1.54) is 54.2 Å². The van der Waals surface area contributed by atoms with Gasteiger partial charge in [-0.25, -0.2) is 16.8 Å². The van der Waals surface area contributed by atoms with Gasteiger partial charge in [0.1, 0.15) is 0 Å². The largest absolute Gasteiger partial charge is 0.378 e. The topological polar surface area (TPSA) is 122 Å². The van der Waals surface area contributed by atoms with Crippen LogP contribution in [0.25, 0.3) is 0 Å². The van der Waals surface area contributed by atoms with Gasteiger partial charge in [0.05, 0.1) is 34.3 Å². The molecule has 0 unspecified atom stereocenters. The first-order chi connectivity index (χ1) is 17.6. The summed E-state index contributed by atoms with van der Waals surface area (Å²) >= 11 is 7.26. The Morgan fingerprint density at radius 3 is 2.14 bits per heavy atom. The molecule has 1 fully saturated rings. The fraction of sp³-hybridized carbons (Fsp3) is 0.208. The first-order valence-electron chi connectivity index (χ1n) is 11.1. The highest BCUT2D eigenvalue weighted by molar-refractivity contribution is 7.98. The first-order valence-corrected chi connectivity index (χ1v) is 15.6. The van der Waals surface area contributed by atoms with Crippen LogP contribution in [0.4, 0.5) is 11.4 Å². The molecule has 0 saturated carbocycles. The van der Waals surface area contributed by atoms with Gasteiger partial charge in [0.2, 0.25) is 0 Å². The third-order valence-corrected chi connectivity index (χ3v) is 9.31. The predicted molar refractivity (Wildman–Crippen MR) is 144 cm³/mol. The summed E-state index contributed by atoms with van der Waals surface area (Å²) in [5.74, 6) is -0.258. The second kappa shape index (κ2) is 11.3. The third-order valence-electron chi connectivity index (χ3n) is 5.50. The van der Waals surface area contributed by atoms with Gasteiger partial charge < -0.3 is 9.64 Å². The number of hydrogen-bond donors (Lipinski definition) is 2. The van der Waals surface area contributed by atoms with Crippen LogP contribution >= 0.6 is 23.4 Å². The van der Waals surface area contributed by atoms with Crippen LogP contribution in [0.2, 0.25) is 5.02 Å². The number of nitrogens with one attached hydrogen (secondary N) is 2. The summed E-state index contributed by atoms with van der Waals surface area (Å²) in [6.45, 7) is 1.73. The number of halogens is 1. The van der Waals surface area contributed by atoms with E-state index in [2.05, 4.69) is 9.44 Å². The quantitative estimate of drug-likeness (QED) is 0.383. The maximum atomic E-state index is 13.1. The molecule has 9 nitrogen and oxygen atoms in total. The SMILES string of the molecule is CSc1ccc(S(=O)(=O)Nc2ccc(S(=O)(=O)Nc3cccc(Cl)c3)cc2)cc1C(=O)N1CCOCC1. The maximum absolute atomic E-state index is 13.1. The summed E-state index contributed by atoms with van der Waals surface area (Å²) < 4.78 is 61.7. The van der Waals surface area contributed by atoms with Gasteiger partial charge in [-0.3, -0.25) is 14.2 Å². The van der Waals surface area contributed by atoms with Crippen LogP contribution in [0.5, 0.6) is 0 Å². The van der Waals surface area contributed by atoms with E-state index in [-0.39, 0.29) is 21.4 Å². The molecule has 37 heavy (non-hydrogen) atoms. The Morgan fingerprint density at radius 2 is 1.49 bits per heavy atom. The fourth-order valence-electron chi connectivity index (χ4n) is 3.64. The zero-order valence-corrected chi connectivity index (χ0v) is 22.9. The van der Waals surface area contributed by atoms with Crippen molar-refractivity contribution in [3.05, 3.63) is 77.3 Å². The molecule has 1 heterocycles. The van der Waals surface area contributed by atoms with Crippen molar-refractivity contribution in [2.24, 2.45) is 0 Å². The number of benzene rings is 3. The van der Waals surface area contributed by atoms with Crippen molar-refractivity contribution in [1.29, 1.82) is 0 Å². The minimum Gasteiger partial charge on any atom is -0.378 e. The lowest BCUT2D eigenvalue weighted by Gasteiger charge is -2.27. The summed E-state index contributed by atoms with van der Waals surface area (Å²) in [6, 6.07) is 15.9. The highest BCUT2D eigenvalue weighted by atomic mass is 35.5. The van der Waals surface area contributed by atoms with Crippen LogP contribution in [0.3, 0.4) is 0 Å². The molecule has 1 aliphatic rings. The van der Waals surface area contributed by atoms with Crippen molar-refractivity contribution in [1.82, 2.24) is 4.90 Å². The number of amides is 1. The summed E-state index contributed by atoms with van der Waals surface area (Å²) in [5.41, 5.74) is 0.760. The smallest absolute Gasteiger partial charge is 0.261 e. The van der Waals surface area contributed by atoms with Gasteiger partial charge >= 0.3 is 0 Å². The van der Waals surface area contributed by atoms with Crippen LogP contribution in [-0.2, 0) is 24.8 Å². The van der Waals surface area contributed by atoms with E-state index in [0.29, 0.717) is 47.5 Å². The highest BCUT2D eigenvalue weighted by Gasteiger charge is 2.24. The molecule has 2 N–H and O–H groups in total. The molecular weight excluding hydrogens is 558 g/mol. The molecule has 1 saturated heterocycles. The van der Waals surface area contributed by atoms with Crippen molar-refractivity contribution in [3.8, 4) is 0 Å². The summed E-state index contributed by atoms with van der Waals surface area (Å²) in [5, 5.41) is 0.380. The minimum atomic E-state index is -4.06. The number of anilines is 2. The number of carbonyl (C=O) groups is 1. The van der Waals surface area contributed by atoms with E-state index in [1.54, 1.807) is 29.2 Å². The lowest BCUT2D eigenvalue weighted by atomic mass is 10.2. The standard InChI is InChI=1S/C24H24ClN3O6S3/c1-35-23-10-9-21(16-22(23)24(29)28-11-13-34-14-12-28)37(32,33)26-18-5-7-20(8-6-18)36(30,31)27-19-4-2-3-17(25)15-19/h2-10,15-16,26-27H,11-14H2,1H3. The van der Waals surface area contributed by atoms with Gasteiger partial charge in [-0.15, -0.1) is 11.8 Å². The number of rotatable bonds is 8. The van der Waals surface area contributed by atoms with Crippen molar-refractivity contribution >= 4 is 60.7 Å². The Balaban J connectivity index is 1.53. The van der Waals surface area contributed by atoms with Gasteiger partial charge in [0, 0.05) is 28.7 Å². The average Bonchev–Trinajstić information content (AvgIpc) is 2.88. The number of carbonyl (C=O) groups excluding carboxylic acids is 1. The van der Waals surface area contributed by atoms with Crippen molar-refractivity contribution < 1.29 is 26.4 Å². The molecule has 0 aliphatic carbocycles. The number of morpholine rings is 1. The van der Waals surface area contributed by atoms with E-state index >= 15 is 0 Å². The molecule has 0 atom stereocenters. The molecule has 0 spiro atoms. The average molecular weight is 582 g/mol. The van der Waals surface area contributed by atoms with Crippen LogP contribution in [0.15, 0.2) is 81.4 Å². The number of nitrogens with zero attached hydrogens (tertiary/aromatic N) is 1. The second-order valence-corrected chi connectivity index (χ2v) is 12.7. The zero-order chi connectivity index (χ0) is 26.6. The molecule has 3 aromatic carbocycles. The highest BCUT2D eigenvalue weighted by Crippen LogP contribution is 2.27. The molecule has 13 heteroatoms. The molecule has 196 valence electrons. The monoisotopic (exact) mass is 581 g/mol. The number of thioether (sulfide) groups is 1. The van der Waals surface area contributed by atoms with Crippen LogP contribution < -0.4 is 9.44 Å². The number of hydrogen-bond acceptors (Lipinski definition) is 7. The first kappa shape index (κ1) is 27.3. The molecule has 0 bridgehead atoms. The van der Waals surface area contributed by atoms with Crippen LogP contribution in [0.1, 0.15) is 10.4 Å². The molecule has 1 amide bonds. The molecular formula is C24H24ClN3O6S3. The Morgan fingerprint density at radius 1 is 0.865 bits per heavy atom. The summed E-state index contributed by atoms with van der Waals surface area (Å²) in [4.78, 5) is 15.2. The van der Waals surface area contributed by atoms with Gasteiger partial charge in [-0.05, 0) is 66.9 Å². The molecule has 3 aromatic rings. The van der Waals surface area contributed by atoms with Gasteiger partial charge in [-0.2, -0.15) is 0 Å². The molecule has 1 aliphatic heterocycles. The van der Waals surface area contributed by atoms with E-state index in [9.17, 15) is 21.6 Å². The molecule has 0 aromatic heterocycles. The normalized spacial score (nSPS) is 14.3. The minimum absolute atomic E-state index is 0.0573. The zero-order valence-electron chi connectivity index (χ0n) is 19.7. The Labute approximate surface area is 225 Å². The summed E-state index contributed by atoms with van der Waals surface area (Å²) in [6.07, 6.45) is 1.81. The Hall–Kier alpha value is -2.77. The maximum Gasteiger partial charge on any atom is 0.261 e. The van der Waals surface area contributed by atoms with Crippen molar-refractivity contribution in [3.63, 3.8) is 0 Å². The van der Waals surface area contributed by atoms with Crippen molar-refractivity contribution in [2.75, 3.05) is 42.0 Å². The summed E-state index contributed by atoms with van der Waals surface area (Å²) in [7, 11) is -7.98. The van der Waals surface area contributed by atoms with Gasteiger partial charge in [0.25, 0.3) is 26.0 Å². The molecule has 4 rings (SSSR count). The van der Waals surface area contributed by atoms with Gasteiger partial charge in [0.15, 0.2) is 0 Å². The number of ether oxygens (including phenoxy) is 1. The van der Waals surface area contributed by atoms with E-state index in [4.69, 9.17) is 16.3 Å². The lowest BCUT2D eigenvalue weighted by Crippen LogP contribution is -2.40. The number of sulfonamides is 2. The Bertz CT molecular complexity index is 1510. The molecule has 0 radical (unpaired) electrons. The third kappa shape index (κ3) is 6.57. The van der Waals surface area contributed by atoms with Crippen LogP contribution in [0, 0.1) is 0 Å². The van der Waals surface area contributed by atoms with E-state index in [0.717, 1.165) is 0 Å². The lowest BCUT2D eigenvalue weighted by molar-refractivity contribution is 0.0300.